The summed E-state index contributed by atoms with van der Waals surface area (Å²) in [5.41, 5.74) is 7.13. The summed E-state index contributed by atoms with van der Waals surface area (Å²) < 4.78 is 11.4. The fourth-order valence-electron chi connectivity index (χ4n) is 4.61. The van der Waals surface area contributed by atoms with Crippen LogP contribution in [0.5, 0.6) is 11.5 Å². The van der Waals surface area contributed by atoms with E-state index in [-0.39, 0.29) is 29.6 Å². The predicted octanol–water partition coefficient (Wildman–Crippen LogP) is 1.83. The lowest BCUT2D eigenvalue weighted by molar-refractivity contribution is -0.123. The number of hydrazine groups is 1. The number of hydrogen-bond acceptors (Lipinski definition) is 7. The van der Waals surface area contributed by atoms with Crippen molar-refractivity contribution in [3.63, 3.8) is 0 Å². The number of benzene rings is 2. The molecule has 1 spiro atoms. The summed E-state index contributed by atoms with van der Waals surface area (Å²) in [7, 11) is 0. The summed E-state index contributed by atoms with van der Waals surface area (Å²) in [5.74, 6) is 1.48. The summed E-state index contributed by atoms with van der Waals surface area (Å²) in [6.45, 7) is 1.63. The Hall–Kier alpha value is -3.12. The Balaban J connectivity index is 1.22. The van der Waals surface area contributed by atoms with E-state index in [9.17, 15) is 10.1 Å². The molecule has 3 aliphatic heterocycles. The van der Waals surface area contributed by atoms with Gasteiger partial charge in [-0.3, -0.25) is 9.69 Å². The van der Waals surface area contributed by atoms with Crippen LogP contribution in [0.25, 0.3) is 0 Å². The Kier molecular flexibility index (Phi) is 5.24. The topological polar surface area (TPSA) is 98.7 Å². The molecule has 3 saturated heterocycles. The van der Waals surface area contributed by atoms with Crippen molar-refractivity contribution < 1.29 is 14.3 Å². The van der Waals surface area contributed by atoms with Gasteiger partial charge in [-0.2, -0.15) is 5.26 Å². The lowest BCUT2D eigenvalue weighted by Gasteiger charge is -2.42. The van der Waals surface area contributed by atoms with Gasteiger partial charge in [0, 0.05) is 18.2 Å². The van der Waals surface area contributed by atoms with Crippen LogP contribution in [0, 0.1) is 11.5 Å². The second-order valence-electron chi connectivity index (χ2n) is 8.42. The average Bonchev–Trinajstić information content (AvgIpc) is 3.40. The van der Waals surface area contributed by atoms with E-state index in [0.29, 0.717) is 26.2 Å². The average molecular weight is 419 g/mol. The largest absolute Gasteiger partial charge is 0.457 e. The van der Waals surface area contributed by atoms with Crippen LogP contribution in [0.2, 0.25) is 0 Å². The molecule has 0 saturated carbocycles. The molecule has 0 aromatic heterocycles. The highest BCUT2D eigenvalue weighted by atomic mass is 16.5. The zero-order chi connectivity index (χ0) is 21.3. The van der Waals surface area contributed by atoms with Crippen LogP contribution in [-0.4, -0.2) is 48.2 Å². The van der Waals surface area contributed by atoms with Crippen LogP contribution in [0.4, 0.5) is 0 Å². The number of nitriles is 1. The maximum atomic E-state index is 12.9. The first kappa shape index (κ1) is 19.8. The van der Waals surface area contributed by atoms with Crippen molar-refractivity contribution in [2.24, 2.45) is 0 Å². The Bertz CT molecular complexity index is 988. The molecule has 2 unspecified atom stereocenters. The lowest BCUT2D eigenvalue weighted by Crippen LogP contribution is -2.57. The van der Waals surface area contributed by atoms with Crippen molar-refractivity contribution in [3.8, 4) is 17.7 Å². The van der Waals surface area contributed by atoms with Crippen LogP contribution in [0.3, 0.4) is 0 Å². The minimum atomic E-state index is -0.362. The molecule has 1 amide bonds. The quantitative estimate of drug-likeness (QED) is 0.636. The summed E-state index contributed by atoms with van der Waals surface area (Å²) in [6, 6.07) is 17.0. The van der Waals surface area contributed by atoms with Gasteiger partial charge in [-0.1, -0.05) is 36.4 Å². The van der Waals surface area contributed by atoms with Crippen molar-refractivity contribution in [1.29, 1.82) is 5.26 Å². The molecule has 8 nitrogen and oxygen atoms in total. The Labute approximate surface area is 181 Å². The SMILES string of the molecule is N#CN1C[C@@H](NC(=O)C2CC(c3ccccc3Oc3ccccc3)NN2)CC12COC2. The number of rotatable bonds is 5. The molecule has 3 heterocycles. The van der Waals surface area contributed by atoms with Gasteiger partial charge < -0.3 is 14.8 Å². The van der Waals surface area contributed by atoms with E-state index in [1.165, 1.54) is 0 Å². The number of para-hydroxylation sites is 2. The maximum absolute atomic E-state index is 12.9. The molecule has 0 aliphatic carbocycles. The van der Waals surface area contributed by atoms with Crippen molar-refractivity contribution in [3.05, 3.63) is 60.2 Å². The van der Waals surface area contributed by atoms with Crippen molar-refractivity contribution in [2.75, 3.05) is 19.8 Å². The Morgan fingerprint density at radius 2 is 1.94 bits per heavy atom. The maximum Gasteiger partial charge on any atom is 0.238 e. The zero-order valence-electron chi connectivity index (χ0n) is 17.1. The molecular weight excluding hydrogens is 394 g/mol. The summed E-state index contributed by atoms with van der Waals surface area (Å²) in [6.07, 6.45) is 3.59. The molecule has 31 heavy (non-hydrogen) atoms. The van der Waals surface area contributed by atoms with E-state index >= 15 is 0 Å². The molecular formula is C23H25N5O3. The van der Waals surface area contributed by atoms with Gasteiger partial charge in [0.25, 0.3) is 0 Å². The second kappa shape index (κ2) is 8.19. The second-order valence-corrected chi connectivity index (χ2v) is 8.42. The number of likely N-dealkylation sites (tertiary alicyclic amines) is 1. The molecule has 0 bridgehead atoms. The lowest BCUT2D eigenvalue weighted by atomic mass is 9.93. The molecule has 3 N–H and O–H groups in total. The van der Waals surface area contributed by atoms with E-state index in [4.69, 9.17) is 9.47 Å². The zero-order valence-corrected chi connectivity index (χ0v) is 17.1. The highest BCUT2D eigenvalue weighted by Gasteiger charge is 2.51. The van der Waals surface area contributed by atoms with Crippen LogP contribution >= 0.6 is 0 Å². The monoisotopic (exact) mass is 419 g/mol. The number of ether oxygens (including phenoxy) is 2. The molecule has 160 valence electrons. The van der Waals surface area contributed by atoms with E-state index in [2.05, 4.69) is 22.4 Å². The minimum absolute atomic E-state index is 0.0504. The first-order valence-corrected chi connectivity index (χ1v) is 10.6. The van der Waals surface area contributed by atoms with Crippen molar-refractivity contribution >= 4 is 5.91 Å². The highest BCUT2D eigenvalue weighted by molar-refractivity contribution is 5.82. The van der Waals surface area contributed by atoms with Gasteiger partial charge in [0.15, 0.2) is 6.19 Å². The summed E-state index contributed by atoms with van der Waals surface area (Å²) in [4.78, 5) is 14.6. The first-order valence-electron chi connectivity index (χ1n) is 10.6. The van der Waals surface area contributed by atoms with Gasteiger partial charge in [-0.15, -0.1) is 0 Å². The van der Waals surface area contributed by atoms with Crippen molar-refractivity contribution in [2.45, 2.75) is 36.5 Å². The Morgan fingerprint density at radius 1 is 1.16 bits per heavy atom. The van der Waals surface area contributed by atoms with Crippen LogP contribution in [0.15, 0.2) is 54.6 Å². The normalized spacial score (nSPS) is 26.3. The summed E-state index contributed by atoms with van der Waals surface area (Å²) in [5, 5.41) is 12.5. The number of hydrogen-bond donors (Lipinski definition) is 3. The number of nitrogens with zero attached hydrogens (tertiary/aromatic N) is 2. The number of carbonyl (C=O) groups excluding carboxylic acids is 1. The highest BCUT2D eigenvalue weighted by Crippen LogP contribution is 2.36. The molecule has 2 aromatic rings. The van der Waals surface area contributed by atoms with Gasteiger partial charge in [0.1, 0.15) is 17.5 Å². The predicted molar refractivity (Wildman–Crippen MR) is 113 cm³/mol. The number of carbonyl (C=O) groups is 1. The van der Waals surface area contributed by atoms with Gasteiger partial charge in [-0.05, 0) is 31.0 Å². The third-order valence-corrected chi connectivity index (χ3v) is 6.30. The van der Waals surface area contributed by atoms with E-state index in [1.807, 2.05) is 54.6 Å². The molecule has 5 rings (SSSR count). The van der Waals surface area contributed by atoms with E-state index in [1.54, 1.807) is 4.90 Å². The summed E-state index contributed by atoms with van der Waals surface area (Å²) >= 11 is 0. The third-order valence-electron chi connectivity index (χ3n) is 6.30. The minimum Gasteiger partial charge on any atom is -0.457 e. The molecule has 0 radical (unpaired) electrons. The van der Waals surface area contributed by atoms with Crippen molar-refractivity contribution in [1.82, 2.24) is 21.1 Å². The molecule has 3 aliphatic rings. The fourth-order valence-corrected chi connectivity index (χ4v) is 4.61. The van der Waals surface area contributed by atoms with E-state index in [0.717, 1.165) is 23.5 Å². The Morgan fingerprint density at radius 3 is 2.65 bits per heavy atom. The number of amides is 1. The molecule has 8 heteroatoms. The van der Waals surface area contributed by atoms with E-state index < -0.39 is 0 Å². The molecule has 3 atom stereocenters. The fraction of sp³-hybridized carbons (Fsp3) is 0.391. The smallest absolute Gasteiger partial charge is 0.238 e. The molecule has 2 aromatic carbocycles. The van der Waals surface area contributed by atoms with Crippen LogP contribution in [-0.2, 0) is 9.53 Å². The van der Waals surface area contributed by atoms with Gasteiger partial charge in [0.2, 0.25) is 5.91 Å². The van der Waals surface area contributed by atoms with Gasteiger partial charge >= 0.3 is 0 Å². The van der Waals surface area contributed by atoms with Gasteiger partial charge in [-0.25, -0.2) is 10.9 Å². The first-order chi connectivity index (χ1) is 15.2. The third kappa shape index (κ3) is 3.83. The van der Waals surface area contributed by atoms with Gasteiger partial charge in [0.05, 0.1) is 24.8 Å². The van der Waals surface area contributed by atoms with Crippen LogP contribution in [0.1, 0.15) is 24.4 Å². The van der Waals surface area contributed by atoms with Crippen LogP contribution < -0.4 is 20.9 Å². The molecule has 3 fully saturated rings. The standard InChI is InChI=1S/C23H25N5O3/c24-15-28-12-16(11-23(28)13-30-14-23)25-22(29)20-10-19(26-27-20)18-8-4-5-9-21(18)31-17-6-2-1-3-7-17/h1-9,16,19-20,26-27H,10-14H2,(H,25,29)/t16-,19?,20?/m0/s1. The number of nitrogens with one attached hydrogen (secondary N) is 3.